The summed E-state index contributed by atoms with van der Waals surface area (Å²) in [5, 5.41) is 7.14. The number of anilines is 3. The number of hydrogen-bond donors (Lipinski definition) is 2. The van der Waals surface area contributed by atoms with Gasteiger partial charge in [-0.25, -0.2) is 4.98 Å². The molecule has 142 valence electrons. The van der Waals surface area contributed by atoms with Gasteiger partial charge in [0.2, 0.25) is 0 Å². The van der Waals surface area contributed by atoms with Crippen molar-refractivity contribution in [2.24, 2.45) is 0 Å². The van der Waals surface area contributed by atoms with Crippen molar-refractivity contribution in [2.45, 2.75) is 25.8 Å². The van der Waals surface area contributed by atoms with Crippen molar-refractivity contribution >= 4 is 34.5 Å². The molecule has 0 radical (unpaired) electrons. The second-order valence-electron chi connectivity index (χ2n) is 7.02. The topological polar surface area (TPSA) is 40.2 Å². The highest BCUT2D eigenvalue weighted by atomic mass is 32.1. The molecule has 5 heteroatoms. The van der Waals surface area contributed by atoms with E-state index in [0.29, 0.717) is 5.11 Å². The third-order valence-corrected chi connectivity index (χ3v) is 5.26. The number of hydrogen-bond acceptors (Lipinski definition) is 3. The standard InChI is InChI=1S/C23H24N4S/c1-17(18-8-3-2-4-9-18)25-23(28)26-20-13-14-22(24-16-20)27-15-7-11-19-10-5-6-12-21(19)27/h2-6,8-10,12-14,16-17H,7,11,15H2,1H3,(H2,25,26,28)/t17-/m1/s1. The first-order chi connectivity index (χ1) is 13.7. The van der Waals surface area contributed by atoms with Crippen LogP contribution < -0.4 is 15.5 Å². The molecule has 0 fully saturated rings. The van der Waals surface area contributed by atoms with Gasteiger partial charge in [-0.15, -0.1) is 0 Å². The van der Waals surface area contributed by atoms with Crippen molar-refractivity contribution in [3.05, 3.63) is 84.1 Å². The predicted octanol–water partition coefficient (Wildman–Crippen LogP) is 5.21. The second kappa shape index (κ2) is 8.40. The summed E-state index contributed by atoms with van der Waals surface area (Å²) >= 11 is 5.46. The molecule has 2 heterocycles. The Morgan fingerprint density at radius 1 is 1.04 bits per heavy atom. The van der Waals surface area contributed by atoms with Crippen LogP contribution in [0.3, 0.4) is 0 Å². The zero-order valence-electron chi connectivity index (χ0n) is 15.9. The molecule has 2 aromatic carbocycles. The van der Waals surface area contributed by atoms with E-state index in [-0.39, 0.29) is 6.04 Å². The fourth-order valence-electron chi connectivity index (χ4n) is 3.58. The van der Waals surface area contributed by atoms with E-state index in [9.17, 15) is 0 Å². The molecule has 0 spiro atoms. The van der Waals surface area contributed by atoms with Crippen LogP contribution in [0.5, 0.6) is 0 Å². The molecule has 2 N–H and O–H groups in total. The summed E-state index contributed by atoms with van der Waals surface area (Å²) in [5.41, 5.74) is 4.73. The highest BCUT2D eigenvalue weighted by molar-refractivity contribution is 7.80. The first-order valence-electron chi connectivity index (χ1n) is 9.65. The Morgan fingerprint density at radius 3 is 2.61 bits per heavy atom. The summed E-state index contributed by atoms with van der Waals surface area (Å²) in [6.07, 6.45) is 4.11. The van der Waals surface area contributed by atoms with Crippen LogP contribution in [-0.4, -0.2) is 16.6 Å². The average molecular weight is 389 g/mol. The first kappa shape index (κ1) is 18.4. The molecular formula is C23H24N4S. The molecule has 1 atom stereocenters. The molecule has 0 amide bonds. The van der Waals surface area contributed by atoms with Crippen molar-refractivity contribution in [1.82, 2.24) is 10.3 Å². The zero-order valence-corrected chi connectivity index (χ0v) is 16.7. The number of pyridine rings is 1. The molecule has 28 heavy (non-hydrogen) atoms. The van der Waals surface area contributed by atoms with E-state index in [2.05, 4.69) is 63.8 Å². The third-order valence-electron chi connectivity index (χ3n) is 5.04. The average Bonchev–Trinajstić information content (AvgIpc) is 2.74. The Morgan fingerprint density at radius 2 is 1.82 bits per heavy atom. The Balaban J connectivity index is 1.41. The molecule has 1 aliphatic heterocycles. The Labute approximate surface area is 171 Å². The van der Waals surface area contributed by atoms with E-state index < -0.39 is 0 Å². The maximum Gasteiger partial charge on any atom is 0.171 e. The molecule has 0 saturated heterocycles. The van der Waals surface area contributed by atoms with Gasteiger partial charge in [-0.3, -0.25) is 0 Å². The minimum absolute atomic E-state index is 0.137. The van der Waals surface area contributed by atoms with Gasteiger partial charge in [-0.05, 0) is 61.3 Å². The highest BCUT2D eigenvalue weighted by Crippen LogP contribution is 2.32. The maximum absolute atomic E-state index is 5.46. The van der Waals surface area contributed by atoms with E-state index in [1.165, 1.54) is 16.8 Å². The van der Waals surface area contributed by atoms with Crippen LogP contribution in [-0.2, 0) is 6.42 Å². The van der Waals surface area contributed by atoms with Crippen LogP contribution >= 0.6 is 12.2 Å². The minimum atomic E-state index is 0.137. The molecule has 0 unspecified atom stereocenters. The fraction of sp³-hybridized carbons (Fsp3) is 0.217. The maximum atomic E-state index is 5.46. The van der Waals surface area contributed by atoms with Crippen molar-refractivity contribution in [3.63, 3.8) is 0 Å². The van der Waals surface area contributed by atoms with Crippen LogP contribution in [0.15, 0.2) is 72.9 Å². The summed E-state index contributed by atoms with van der Waals surface area (Å²) in [7, 11) is 0. The van der Waals surface area contributed by atoms with E-state index in [0.717, 1.165) is 30.9 Å². The molecular weight excluding hydrogens is 364 g/mol. The Bertz CT molecular complexity index is 940. The van der Waals surface area contributed by atoms with Crippen molar-refractivity contribution in [1.29, 1.82) is 0 Å². The number of rotatable bonds is 4. The van der Waals surface area contributed by atoms with Crippen molar-refractivity contribution in [2.75, 3.05) is 16.8 Å². The lowest BCUT2D eigenvalue weighted by atomic mass is 10.0. The zero-order chi connectivity index (χ0) is 19.3. The summed E-state index contributed by atoms with van der Waals surface area (Å²) in [5.74, 6) is 0.967. The predicted molar refractivity (Wildman–Crippen MR) is 120 cm³/mol. The lowest BCUT2D eigenvalue weighted by Crippen LogP contribution is -2.31. The number of aryl methyl sites for hydroxylation is 1. The number of benzene rings is 2. The number of thiocarbonyl (C=S) groups is 1. The SMILES string of the molecule is C[C@@H](NC(=S)Nc1ccc(N2CCCc3ccccc32)nc1)c1ccccc1. The van der Waals surface area contributed by atoms with Gasteiger partial charge < -0.3 is 15.5 Å². The highest BCUT2D eigenvalue weighted by Gasteiger charge is 2.18. The van der Waals surface area contributed by atoms with Gasteiger partial charge in [0, 0.05) is 12.2 Å². The number of para-hydroxylation sites is 1. The van der Waals surface area contributed by atoms with Crippen molar-refractivity contribution in [3.8, 4) is 0 Å². The van der Waals surface area contributed by atoms with Crippen molar-refractivity contribution < 1.29 is 0 Å². The van der Waals surface area contributed by atoms with Gasteiger partial charge in [0.1, 0.15) is 5.82 Å². The molecule has 3 aromatic rings. The number of fused-ring (bicyclic) bond motifs is 1. The molecule has 0 aliphatic carbocycles. The number of nitrogens with one attached hydrogen (secondary N) is 2. The Hall–Kier alpha value is -2.92. The minimum Gasteiger partial charge on any atom is -0.356 e. The molecule has 0 saturated carbocycles. The lowest BCUT2D eigenvalue weighted by molar-refractivity contribution is 0.722. The van der Waals surface area contributed by atoms with E-state index >= 15 is 0 Å². The van der Waals surface area contributed by atoms with Gasteiger partial charge in [-0.2, -0.15) is 0 Å². The Kier molecular flexibility index (Phi) is 5.53. The van der Waals surface area contributed by atoms with Crippen LogP contribution in [0.25, 0.3) is 0 Å². The molecule has 4 nitrogen and oxygen atoms in total. The summed E-state index contributed by atoms with van der Waals surface area (Å²) in [6.45, 7) is 3.09. The van der Waals surface area contributed by atoms with Crippen LogP contribution in [0.4, 0.5) is 17.2 Å². The molecule has 1 aliphatic rings. The van der Waals surface area contributed by atoms with Crippen LogP contribution in [0, 0.1) is 0 Å². The third kappa shape index (κ3) is 4.15. The quantitative estimate of drug-likeness (QED) is 0.600. The van der Waals surface area contributed by atoms with Gasteiger partial charge >= 0.3 is 0 Å². The summed E-state index contributed by atoms with van der Waals surface area (Å²) in [6, 6.07) is 23.0. The lowest BCUT2D eigenvalue weighted by Gasteiger charge is -2.30. The van der Waals surface area contributed by atoms with Gasteiger partial charge in [0.25, 0.3) is 0 Å². The van der Waals surface area contributed by atoms with E-state index in [1.807, 2.05) is 36.5 Å². The molecule has 4 rings (SSSR count). The van der Waals surface area contributed by atoms with Gasteiger partial charge in [0.05, 0.1) is 17.9 Å². The molecule has 0 bridgehead atoms. The van der Waals surface area contributed by atoms with E-state index in [4.69, 9.17) is 12.2 Å². The first-order valence-corrected chi connectivity index (χ1v) is 10.1. The number of aromatic nitrogens is 1. The van der Waals surface area contributed by atoms with Crippen LogP contribution in [0.2, 0.25) is 0 Å². The molecule has 1 aromatic heterocycles. The summed E-state index contributed by atoms with van der Waals surface area (Å²) < 4.78 is 0. The largest absolute Gasteiger partial charge is 0.356 e. The van der Waals surface area contributed by atoms with Gasteiger partial charge in [-0.1, -0.05) is 48.5 Å². The summed E-state index contributed by atoms with van der Waals surface area (Å²) in [4.78, 5) is 6.96. The fourth-order valence-corrected chi connectivity index (χ4v) is 3.87. The second-order valence-corrected chi connectivity index (χ2v) is 7.43. The normalized spacial score (nSPS) is 14.1. The smallest absolute Gasteiger partial charge is 0.171 e. The number of nitrogens with zero attached hydrogens (tertiary/aromatic N) is 2. The van der Waals surface area contributed by atoms with E-state index in [1.54, 1.807) is 0 Å². The van der Waals surface area contributed by atoms with Crippen LogP contribution in [0.1, 0.15) is 30.5 Å². The van der Waals surface area contributed by atoms with Gasteiger partial charge in [0.15, 0.2) is 5.11 Å². The monoisotopic (exact) mass is 388 g/mol.